The van der Waals surface area contributed by atoms with Crippen molar-refractivity contribution in [1.82, 2.24) is 5.32 Å². The van der Waals surface area contributed by atoms with Crippen LogP contribution in [0.15, 0.2) is 48.5 Å². The molecule has 2 atom stereocenters. The van der Waals surface area contributed by atoms with Crippen molar-refractivity contribution in [1.29, 1.82) is 0 Å². The highest BCUT2D eigenvalue weighted by Crippen LogP contribution is 2.48. The molecule has 172 valence electrons. The molecule has 3 rings (SSSR count). The Labute approximate surface area is 189 Å². The SMILES string of the molecule is CCOC(=O)C1(C(=O)OCC)C[C@H](c2ccc(OC)c(OC)c2)CN[C@H]1c1ccccc1. The van der Waals surface area contributed by atoms with Gasteiger partial charge in [-0.3, -0.25) is 9.59 Å². The van der Waals surface area contributed by atoms with Crippen molar-refractivity contribution in [3.05, 3.63) is 59.7 Å². The molecular formula is C25H31NO6. The van der Waals surface area contributed by atoms with Gasteiger partial charge in [0.05, 0.1) is 33.5 Å². The summed E-state index contributed by atoms with van der Waals surface area (Å²) in [4.78, 5) is 26.8. The highest BCUT2D eigenvalue weighted by molar-refractivity contribution is 6.01. The van der Waals surface area contributed by atoms with Gasteiger partial charge in [0.15, 0.2) is 16.9 Å². The molecule has 0 unspecified atom stereocenters. The Kier molecular flexibility index (Phi) is 7.75. The van der Waals surface area contributed by atoms with Gasteiger partial charge in [-0.1, -0.05) is 36.4 Å². The van der Waals surface area contributed by atoms with E-state index >= 15 is 0 Å². The number of nitrogens with one attached hydrogen (secondary N) is 1. The Morgan fingerprint density at radius 2 is 1.53 bits per heavy atom. The van der Waals surface area contributed by atoms with E-state index in [0.717, 1.165) is 11.1 Å². The summed E-state index contributed by atoms with van der Waals surface area (Å²) in [7, 11) is 3.16. The minimum Gasteiger partial charge on any atom is -0.493 e. The van der Waals surface area contributed by atoms with Gasteiger partial charge in [-0.2, -0.15) is 0 Å². The lowest BCUT2D eigenvalue weighted by Crippen LogP contribution is -2.56. The first-order valence-corrected chi connectivity index (χ1v) is 10.9. The van der Waals surface area contributed by atoms with Crippen LogP contribution in [0.1, 0.15) is 43.4 Å². The number of hydrogen-bond acceptors (Lipinski definition) is 7. The second-order valence-electron chi connectivity index (χ2n) is 7.68. The van der Waals surface area contributed by atoms with Crippen molar-refractivity contribution in [3.63, 3.8) is 0 Å². The Morgan fingerprint density at radius 3 is 2.09 bits per heavy atom. The van der Waals surface area contributed by atoms with Gasteiger partial charge in [-0.15, -0.1) is 0 Å². The summed E-state index contributed by atoms with van der Waals surface area (Å²) in [6.45, 7) is 4.37. The zero-order chi connectivity index (χ0) is 23.1. The molecule has 1 N–H and O–H groups in total. The van der Waals surface area contributed by atoms with Crippen LogP contribution in [0.3, 0.4) is 0 Å². The average molecular weight is 442 g/mol. The lowest BCUT2D eigenvalue weighted by Gasteiger charge is -2.44. The summed E-state index contributed by atoms with van der Waals surface area (Å²) in [5.41, 5.74) is 0.239. The van der Waals surface area contributed by atoms with Crippen LogP contribution >= 0.6 is 0 Å². The molecule has 0 saturated carbocycles. The molecule has 1 aliphatic rings. The minimum atomic E-state index is -1.52. The first-order valence-electron chi connectivity index (χ1n) is 10.9. The van der Waals surface area contributed by atoms with Gasteiger partial charge in [0.25, 0.3) is 0 Å². The molecule has 0 aromatic heterocycles. The first-order chi connectivity index (χ1) is 15.5. The van der Waals surface area contributed by atoms with E-state index in [4.69, 9.17) is 18.9 Å². The molecule has 1 saturated heterocycles. The fourth-order valence-corrected chi connectivity index (χ4v) is 4.41. The van der Waals surface area contributed by atoms with E-state index in [0.29, 0.717) is 18.0 Å². The van der Waals surface area contributed by atoms with Gasteiger partial charge in [0.2, 0.25) is 0 Å². The van der Waals surface area contributed by atoms with Crippen LogP contribution in [0.4, 0.5) is 0 Å². The number of carbonyl (C=O) groups excluding carboxylic acids is 2. The van der Waals surface area contributed by atoms with Crippen LogP contribution in [-0.4, -0.2) is 45.9 Å². The molecule has 0 aliphatic carbocycles. The number of hydrogen-bond donors (Lipinski definition) is 1. The van der Waals surface area contributed by atoms with Crippen LogP contribution in [0.2, 0.25) is 0 Å². The standard InChI is InChI=1S/C25H31NO6/c1-5-31-23(27)25(24(28)32-6-2)15-19(16-26-22(25)17-10-8-7-9-11-17)18-12-13-20(29-3)21(14-18)30-4/h7-14,19,22,26H,5-6,15-16H2,1-4H3/t19-,22-/m0/s1. The molecule has 32 heavy (non-hydrogen) atoms. The van der Waals surface area contributed by atoms with Crippen molar-refractivity contribution in [3.8, 4) is 11.5 Å². The lowest BCUT2D eigenvalue weighted by atomic mass is 9.67. The molecule has 1 heterocycles. The lowest BCUT2D eigenvalue weighted by molar-refractivity contribution is -0.178. The molecule has 1 aliphatic heterocycles. The van der Waals surface area contributed by atoms with Crippen LogP contribution in [0.5, 0.6) is 11.5 Å². The fourth-order valence-electron chi connectivity index (χ4n) is 4.41. The zero-order valence-corrected chi connectivity index (χ0v) is 19.1. The summed E-state index contributed by atoms with van der Waals surface area (Å²) >= 11 is 0. The number of esters is 2. The maximum absolute atomic E-state index is 13.4. The zero-order valence-electron chi connectivity index (χ0n) is 19.1. The Balaban J connectivity index is 2.09. The van der Waals surface area contributed by atoms with E-state index < -0.39 is 23.4 Å². The Morgan fingerprint density at radius 1 is 0.906 bits per heavy atom. The van der Waals surface area contributed by atoms with E-state index in [1.54, 1.807) is 28.1 Å². The maximum Gasteiger partial charge on any atom is 0.325 e. The summed E-state index contributed by atoms with van der Waals surface area (Å²) in [6, 6.07) is 14.5. The third-order valence-electron chi connectivity index (χ3n) is 5.92. The first kappa shape index (κ1) is 23.6. The third-order valence-corrected chi connectivity index (χ3v) is 5.92. The molecular weight excluding hydrogens is 410 g/mol. The summed E-state index contributed by atoms with van der Waals surface area (Å²) in [5, 5.41) is 3.45. The number of ether oxygens (including phenoxy) is 4. The quantitative estimate of drug-likeness (QED) is 0.495. The van der Waals surface area contributed by atoms with Gasteiger partial charge in [-0.25, -0.2) is 0 Å². The smallest absolute Gasteiger partial charge is 0.325 e. The van der Waals surface area contributed by atoms with Gasteiger partial charge in [0, 0.05) is 6.54 Å². The van der Waals surface area contributed by atoms with Gasteiger partial charge >= 0.3 is 11.9 Å². The number of carbonyl (C=O) groups is 2. The summed E-state index contributed by atoms with van der Waals surface area (Å²) in [6.07, 6.45) is 0.243. The van der Waals surface area contributed by atoms with Crippen LogP contribution in [-0.2, 0) is 19.1 Å². The van der Waals surface area contributed by atoms with Crippen LogP contribution < -0.4 is 14.8 Å². The molecule has 0 radical (unpaired) electrons. The predicted molar refractivity (Wildman–Crippen MR) is 120 cm³/mol. The maximum atomic E-state index is 13.4. The molecule has 0 spiro atoms. The minimum absolute atomic E-state index is 0.149. The molecule has 2 aromatic carbocycles. The largest absolute Gasteiger partial charge is 0.493 e. The molecule has 7 nitrogen and oxygen atoms in total. The number of rotatable bonds is 8. The number of methoxy groups -OCH3 is 2. The normalized spacial score (nSPS) is 19.6. The Hall–Kier alpha value is -3.06. The number of piperidine rings is 1. The fraction of sp³-hybridized carbons (Fsp3) is 0.440. The second kappa shape index (κ2) is 10.5. The number of benzene rings is 2. The van der Waals surface area contributed by atoms with E-state index in [2.05, 4.69) is 5.32 Å². The molecule has 0 amide bonds. The van der Waals surface area contributed by atoms with Gasteiger partial charge in [0.1, 0.15) is 0 Å². The topological polar surface area (TPSA) is 83.1 Å². The molecule has 1 fully saturated rings. The Bertz CT molecular complexity index is 911. The van der Waals surface area contributed by atoms with Gasteiger partial charge < -0.3 is 24.3 Å². The molecule has 2 aromatic rings. The van der Waals surface area contributed by atoms with Crippen molar-refractivity contribution in [2.45, 2.75) is 32.2 Å². The third kappa shape index (κ3) is 4.43. The highest BCUT2D eigenvalue weighted by atomic mass is 16.6. The van der Waals surface area contributed by atoms with Crippen molar-refractivity contribution in [2.75, 3.05) is 34.0 Å². The van der Waals surface area contributed by atoms with Crippen molar-refractivity contribution < 1.29 is 28.5 Å². The van der Waals surface area contributed by atoms with Gasteiger partial charge in [-0.05, 0) is 49.4 Å². The summed E-state index contributed by atoms with van der Waals surface area (Å²) in [5.74, 6) is -0.101. The van der Waals surface area contributed by atoms with Crippen LogP contribution in [0, 0.1) is 5.41 Å². The monoisotopic (exact) mass is 441 g/mol. The summed E-state index contributed by atoms with van der Waals surface area (Å²) < 4.78 is 21.7. The van der Waals surface area contributed by atoms with E-state index in [1.165, 1.54) is 0 Å². The van der Waals surface area contributed by atoms with E-state index in [1.807, 2.05) is 48.5 Å². The van der Waals surface area contributed by atoms with Crippen LogP contribution in [0.25, 0.3) is 0 Å². The van der Waals surface area contributed by atoms with E-state index in [9.17, 15) is 9.59 Å². The second-order valence-corrected chi connectivity index (χ2v) is 7.68. The van der Waals surface area contributed by atoms with Crippen molar-refractivity contribution >= 4 is 11.9 Å². The molecule has 7 heteroatoms. The average Bonchev–Trinajstić information content (AvgIpc) is 2.83. The van der Waals surface area contributed by atoms with E-state index in [-0.39, 0.29) is 25.6 Å². The molecule has 0 bridgehead atoms. The van der Waals surface area contributed by atoms with Crippen molar-refractivity contribution in [2.24, 2.45) is 5.41 Å². The predicted octanol–water partition coefficient (Wildman–Crippen LogP) is 3.63. The highest BCUT2D eigenvalue weighted by Gasteiger charge is 2.58.